The number of benzene rings is 2. The van der Waals surface area contributed by atoms with Crippen LogP contribution in [-0.2, 0) is 6.54 Å². The van der Waals surface area contributed by atoms with Crippen molar-refractivity contribution in [1.29, 1.82) is 5.26 Å². The van der Waals surface area contributed by atoms with Crippen molar-refractivity contribution < 1.29 is 0 Å². The van der Waals surface area contributed by atoms with Crippen molar-refractivity contribution in [2.24, 2.45) is 0 Å². The van der Waals surface area contributed by atoms with E-state index in [2.05, 4.69) is 0 Å². The Balaban J connectivity index is 2.30. The van der Waals surface area contributed by atoms with Gasteiger partial charge in [0.1, 0.15) is 6.54 Å². The van der Waals surface area contributed by atoms with Gasteiger partial charge in [0.15, 0.2) is 0 Å². The molecule has 0 spiro atoms. The van der Waals surface area contributed by atoms with Crippen molar-refractivity contribution >= 4 is 10.8 Å². The van der Waals surface area contributed by atoms with Gasteiger partial charge in [-0.15, -0.1) is 0 Å². The van der Waals surface area contributed by atoms with Gasteiger partial charge in [-0.05, 0) is 11.5 Å². The minimum Gasteiger partial charge on any atom is -0.295 e. The maximum Gasteiger partial charge on any atom is 0.321 e. The van der Waals surface area contributed by atoms with Crippen LogP contribution in [0.1, 0.15) is 0 Å². The monoisotopic (exact) mass is 277 g/mol. The second-order valence-corrected chi connectivity index (χ2v) is 4.56. The molecule has 5 nitrogen and oxygen atoms in total. The van der Waals surface area contributed by atoms with Crippen LogP contribution in [0, 0.1) is 11.3 Å². The fourth-order valence-electron chi connectivity index (χ4n) is 2.32. The average molecular weight is 277 g/mol. The molecule has 0 atom stereocenters. The molecule has 0 amide bonds. The summed E-state index contributed by atoms with van der Waals surface area (Å²) in [5, 5.41) is 10.5. The minimum absolute atomic E-state index is 0.134. The van der Waals surface area contributed by atoms with Crippen LogP contribution in [0.3, 0.4) is 0 Å². The molecule has 0 saturated heterocycles. The molecule has 0 N–H and O–H groups in total. The zero-order valence-electron chi connectivity index (χ0n) is 11.1. The third-order valence-corrected chi connectivity index (χ3v) is 3.33. The van der Waals surface area contributed by atoms with Crippen LogP contribution in [0.4, 0.5) is 0 Å². The van der Waals surface area contributed by atoms with Crippen LogP contribution in [0.2, 0.25) is 0 Å². The topological polar surface area (TPSA) is 67.8 Å². The molecule has 0 aliphatic rings. The summed E-state index contributed by atoms with van der Waals surface area (Å²) in [6.45, 7) is -0.134. The Hall–Kier alpha value is -3.13. The number of nitriles is 1. The van der Waals surface area contributed by atoms with Gasteiger partial charge in [0, 0.05) is 17.8 Å². The van der Waals surface area contributed by atoms with Crippen molar-refractivity contribution in [3.63, 3.8) is 0 Å². The van der Waals surface area contributed by atoms with Gasteiger partial charge in [0.2, 0.25) is 0 Å². The van der Waals surface area contributed by atoms with Crippen LogP contribution in [0.5, 0.6) is 0 Å². The number of aromatic nitrogens is 2. The maximum absolute atomic E-state index is 12.2. The molecule has 1 heterocycles. The maximum atomic E-state index is 12.2. The molecule has 0 aliphatic carbocycles. The summed E-state index contributed by atoms with van der Waals surface area (Å²) < 4.78 is 2.42. The molecular formula is C16H11N3O2. The molecule has 3 aromatic rings. The SMILES string of the molecule is N#CCn1ccn(-c2cccc3ccccc23)c(=O)c1=O. The molecule has 5 heteroatoms. The van der Waals surface area contributed by atoms with Crippen LogP contribution in [-0.4, -0.2) is 9.13 Å². The van der Waals surface area contributed by atoms with E-state index >= 15 is 0 Å². The van der Waals surface area contributed by atoms with Gasteiger partial charge in [0.25, 0.3) is 0 Å². The van der Waals surface area contributed by atoms with Gasteiger partial charge in [-0.3, -0.25) is 18.7 Å². The van der Waals surface area contributed by atoms with Gasteiger partial charge in [-0.25, -0.2) is 0 Å². The summed E-state index contributed by atoms with van der Waals surface area (Å²) in [6.07, 6.45) is 2.97. The lowest BCUT2D eigenvalue weighted by Gasteiger charge is -2.10. The number of nitrogens with zero attached hydrogens (tertiary/aromatic N) is 3. The lowest BCUT2D eigenvalue weighted by atomic mass is 10.1. The van der Waals surface area contributed by atoms with Gasteiger partial charge < -0.3 is 0 Å². The van der Waals surface area contributed by atoms with Crippen LogP contribution < -0.4 is 11.1 Å². The quantitative estimate of drug-likeness (QED) is 0.669. The van der Waals surface area contributed by atoms with E-state index in [1.165, 1.54) is 17.0 Å². The summed E-state index contributed by atoms with van der Waals surface area (Å²) in [6, 6.07) is 15.1. The minimum atomic E-state index is -0.702. The Kier molecular flexibility index (Phi) is 3.13. The van der Waals surface area contributed by atoms with Crippen LogP contribution in [0.25, 0.3) is 16.5 Å². The molecular weight excluding hydrogens is 266 g/mol. The second kappa shape index (κ2) is 5.10. The fraction of sp³-hybridized carbons (Fsp3) is 0.0625. The molecule has 0 aliphatic heterocycles. The molecule has 0 fully saturated rings. The summed E-state index contributed by atoms with van der Waals surface area (Å²) in [5.74, 6) is 0. The van der Waals surface area contributed by atoms with Crippen molar-refractivity contribution in [3.05, 3.63) is 75.6 Å². The number of hydrogen-bond acceptors (Lipinski definition) is 3. The number of fused-ring (bicyclic) bond motifs is 1. The zero-order valence-corrected chi connectivity index (χ0v) is 11.1. The summed E-state index contributed by atoms with van der Waals surface area (Å²) in [7, 11) is 0. The molecule has 2 aromatic carbocycles. The summed E-state index contributed by atoms with van der Waals surface area (Å²) in [4.78, 5) is 24.2. The van der Waals surface area contributed by atoms with Gasteiger partial charge in [-0.2, -0.15) is 5.26 Å². The van der Waals surface area contributed by atoms with Crippen molar-refractivity contribution in [1.82, 2.24) is 9.13 Å². The van der Waals surface area contributed by atoms with Crippen molar-refractivity contribution in [2.75, 3.05) is 0 Å². The number of rotatable bonds is 2. The first-order chi connectivity index (χ1) is 10.2. The van der Waals surface area contributed by atoms with Gasteiger partial charge in [0.05, 0.1) is 11.8 Å². The fourth-order valence-corrected chi connectivity index (χ4v) is 2.32. The van der Waals surface area contributed by atoms with E-state index in [0.29, 0.717) is 5.69 Å². The molecule has 21 heavy (non-hydrogen) atoms. The Bertz CT molecular complexity index is 972. The summed E-state index contributed by atoms with van der Waals surface area (Å²) in [5.41, 5.74) is -0.713. The highest BCUT2D eigenvalue weighted by molar-refractivity contribution is 5.90. The highest BCUT2D eigenvalue weighted by Crippen LogP contribution is 2.20. The molecule has 3 rings (SSSR count). The first kappa shape index (κ1) is 12.9. The summed E-state index contributed by atoms with van der Waals surface area (Å²) >= 11 is 0. The van der Waals surface area contributed by atoms with E-state index in [4.69, 9.17) is 5.26 Å². The number of hydrogen-bond donors (Lipinski definition) is 0. The third-order valence-electron chi connectivity index (χ3n) is 3.33. The lowest BCUT2D eigenvalue weighted by Crippen LogP contribution is -2.39. The second-order valence-electron chi connectivity index (χ2n) is 4.56. The largest absolute Gasteiger partial charge is 0.321 e. The molecule has 0 saturated carbocycles. The Morgan fingerprint density at radius 3 is 2.52 bits per heavy atom. The molecule has 0 radical (unpaired) electrons. The molecule has 0 unspecified atom stereocenters. The van der Waals surface area contributed by atoms with E-state index in [1.54, 1.807) is 6.07 Å². The lowest BCUT2D eigenvalue weighted by molar-refractivity contribution is 0.740. The Morgan fingerprint density at radius 2 is 1.71 bits per heavy atom. The van der Waals surface area contributed by atoms with E-state index in [1.807, 2.05) is 42.5 Å². The Morgan fingerprint density at radius 1 is 0.952 bits per heavy atom. The first-order valence-corrected chi connectivity index (χ1v) is 6.39. The van der Waals surface area contributed by atoms with E-state index in [0.717, 1.165) is 15.3 Å². The first-order valence-electron chi connectivity index (χ1n) is 6.39. The predicted octanol–water partition coefficient (Wildman–Crippen LogP) is 1.68. The standard InChI is InChI=1S/C16H11N3O2/c17-8-9-18-10-11-19(16(21)15(18)20)14-7-3-5-12-4-1-2-6-13(12)14/h1-7,10-11H,9H2. The molecule has 0 bridgehead atoms. The smallest absolute Gasteiger partial charge is 0.295 e. The third kappa shape index (κ3) is 2.13. The van der Waals surface area contributed by atoms with Crippen molar-refractivity contribution in [2.45, 2.75) is 6.54 Å². The highest BCUT2D eigenvalue weighted by atomic mass is 16.2. The highest BCUT2D eigenvalue weighted by Gasteiger charge is 2.08. The molecule has 102 valence electrons. The van der Waals surface area contributed by atoms with Crippen molar-refractivity contribution in [3.8, 4) is 11.8 Å². The molecule has 1 aromatic heterocycles. The normalized spacial score (nSPS) is 10.4. The predicted molar refractivity (Wildman–Crippen MR) is 79.4 cm³/mol. The van der Waals surface area contributed by atoms with Gasteiger partial charge in [-0.1, -0.05) is 36.4 Å². The average Bonchev–Trinajstić information content (AvgIpc) is 2.52. The van der Waals surface area contributed by atoms with E-state index < -0.39 is 11.1 Å². The van der Waals surface area contributed by atoms with Crippen LogP contribution >= 0.6 is 0 Å². The van der Waals surface area contributed by atoms with E-state index in [-0.39, 0.29) is 6.54 Å². The zero-order chi connectivity index (χ0) is 14.8. The Labute approximate surface area is 119 Å². The van der Waals surface area contributed by atoms with Crippen LogP contribution in [0.15, 0.2) is 64.4 Å². The van der Waals surface area contributed by atoms with Gasteiger partial charge >= 0.3 is 11.1 Å². The van der Waals surface area contributed by atoms with E-state index in [9.17, 15) is 9.59 Å².